The lowest BCUT2D eigenvalue weighted by atomic mass is 9.96. The first-order valence-corrected chi connectivity index (χ1v) is 10.5. The number of rotatable bonds is 5. The lowest BCUT2D eigenvalue weighted by molar-refractivity contribution is 0.0992. The number of aliphatic hydroxyl groups excluding tert-OH is 1. The smallest absolute Gasteiger partial charge is 0.191 e. The lowest BCUT2D eigenvalue weighted by Crippen LogP contribution is -2.47. The van der Waals surface area contributed by atoms with Gasteiger partial charge in [-0.1, -0.05) is 6.07 Å². The molecule has 3 N–H and O–H groups in total. The molecule has 1 aromatic carbocycles. The molecule has 3 heterocycles. The zero-order chi connectivity index (χ0) is 19.5. The Balaban J connectivity index is 0.00000240. The summed E-state index contributed by atoms with van der Waals surface area (Å²) < 4.78 is 20.5. The minimum Gasteiger partial charge on any atom is -0.393 e. The lowest BCUT2D eigenvalue weighted by Gasteiger charge is -2.31. The highest BCUT2D eigenvalue weighted by atomic mass is 127. The molecule has 3 atom stereocenters. The maximum Gasteiger partial charge on any atom is 0.191 e. The molecule has 6 nitrogen and oxygen atoms in total. The molecule has 0 radical (unpaired) electrons. The molecule has 0 amide bonds. The van der Waals surface area contributed by atoms with Gasteiger partial charge in [-0.3, -0.25) is 0 Å². The molecule has 162 valence electrons. The number of halogens is 2. The predicted molar refractivity (Wildman–Crippen MR) is 124 cm³/mol. The molecule has 0 spiro atoms. The van der Waals surface area contributed by atoms with Gasteiger partial charge < -0.3 is 25.4 Å². The van der Waals surface area contributed by atoms with Crippen LogP contribution in [0.5, 0.6) is 0 Å². The van der Waals surface area contributed by atoms with Crippen molar-refractivity contribution in [2.45, 2.75) is 69.9 Å². The fraction of sp³-hybridized carbons (Fsp3) is 0.667. The van der Waals surface area contributed by atoms with E-state index in [0.29, 0.717) is 50.3 Å². The molecule has 0 aliphatic carbocycles. The van der Waals surface area contributed by atoms with Crippen molar-refractivity contribution in [1.82, 2.24) is 10.6 Å². The average Bonchev–Trinajstić information content (AvgIpc) is 3.30. The molecule has 0 saturated carbocycles. The number of nitrogens with zero attached hydrogens (tertiary/aromatic N) is 2. The second-order valence-electron chi connectivity index (χ2n) is 8.06. The number of benzene rings is 1. The molecule has 3 unspecified atom stereocenters. The number of fused-ring (bicyclic) bond motifs is 2. The number of anilines is 1. The molecule has 3 aliphatic rings. The fourth-order valence-electron chi connectivity index (χ4n) is 4.47. The van der Waals surface area contributed by atoms with Crippen molar-refractivity contribution < 1.29 is 14.2 Å². The monoisotopic (exact) mass is 518 g/mol. The number of guanidine groups is 1. The molecule has 4 rings (SSSR count). The van der Waals surface area contributed by atoms with Crippen LogP contribution in [0.15, 0.2) is 23.2 Å². The molecule has 29 heavy (non-hydrogen) atoms. The van der Waals surface area contributed by atoms with Gasteiger partial charge in [-0.2, -0.15) is 0 Å². The van der Waals surface area contributed by atoms with Crippen LogP contribution in [0.4, 0.5) is 10.1 Å². The highest BCUT2D eigenvalue weighted by molar-refractivity contribution is 14.0. The minimum atomic E-state index is -0.259. The molecule has 1 aromatic rings. The van der Waals surface area contributed by atoms with E-state index in [0.717, 1.165) is 37.3 Å². The largest absolute Gasteiger partial charge is 0.393 e. The van der Waals surface area contributed by atoms with Gasteiger partial charge in [0, 0.05) is 19.6 Å². The standard InChI is InChI=1S/C21H31FN4O2.HI/c1-2-23-21(25-18-12-16-4-6-20(18)28-16)24-13-14-3-5-19(17(22)11-14)26-9-7-15(27)8-10-26;/h3,5,11,15-16,18,20,27H,2,4,6-10,12-13H2,1H3,(H2,23,24,25);1H. The molecular formula is C21H32FIN4O2. The molecule has 3 aliphatic heterocycles. The minimum absolute atomic E-state index is 0. The van der Waals surface area contributed by atoms with Crippen LogP contribution in [0.25, 0.3) is 0 Å². The highest BCUT2D eigenvalue weighted by Crippen LogP contribution is 2.34. The number of piperidine rings is 1. The average molecular weight is 518 g/mol. The SMILES string of the molecule is CCNC(=NCc1ccc(N2CCC(O)CC2)c(F)c1)NC1CC2CCC1O2.I. The summed E-state index contributed by atoms with van der Waals surface area (Å²) in [7, 11) is 0. The Labute approximate surface area is 189 Å². The van der Waals surface area contributed by atoms with Crippen molar-refractivity contribution in [1.29, 1.82) is 0 Å². The van der Waals surface area contributed by atoms with Gasteiger partial charge in [0.2, 0.25) is 0 Å². The van der Waals surface area contributed by atoms with Crippen molar-refractivity contribution >= 4 is 35.6 Å². The summed E-state index contributed by atoms with van der Waals surface area (Å²) in [5.74, 6) is 0.543. The van der Waals surface area contributed by atoms with E-state index in [2.05, 4.69) is 15.6 Å². The van der Waals surface area contributed by atoms with E-state index in [-0.39, 0.29) is 42.0 Å². The van der Waals surface area contributed by atoms with Crippen molar-refractivity contribution in [3.05, 3.63) is 29.6 Å². The number of hydrogen-bond donors (Lipinski definition) is 3. The van der Waals surface area contributed by atoms with Gasteiger partial charge in [0.25, 0.3) is 0 Å². The van der Waals surface area contributed by atoms with Gasteiger partial charge >= 0.3 is 0 Å². The fourth-order valence-corrected chi connectivity index (χ4v) is 4.47. The summed E-state index contributed by atoms with van der Waals surface area (Å²) in [5, 5.41) is 16.4. The Morgan fingerprint density at radius 3 is 2.69 bits per heavy atom. The number of aliphatic imine (C=N–C) groups is 1. The Hall–Kier alpha value is -1.13. The van der Waals surface area contributed by atoms with Gasteiger partial charge in [0.1, 0.15) is 5.82 Å². The Bertz CT molecular complexity index is 712. The number of hydrogen-bond acceptors (Lipinski definition) is 4. The van der Waals surface area contributed by atoms with Gasteiger partial charge in [-0.25, -0.2) is 9.38 Å². The topological polar surface area (TPSA) is 69.1 Å². The number of nitrogens with one attached hydrogen (secondary N) is 2. The van der Waals surface area contributed by atoms with Crippen LogP contribution in [0.3, 0.4) is 0 Å². The van der Waals surface area contributed by atoms with Crippen molar-refractivity contribution in [3.8, 4) is 0 Å². The van der Waals surface area contributed by atoms with E-state index in [4.69, 9.17) is 4.74 Å². The molecule has 3 saturated heterocycles. The van der Waals surface area contributed by atoms with Crippen LogP contribution in [0.2, 0.25) is 0 Å². The highest BCUT2D eigenvalue weighted by Gasteiger charge is 2.41. The third kappa shape index (κ3) is 5.52. The first kappa shape index (κ1) is 22.6. The van der Waals surface area contributed by atoms with E-state index < -0.39 is 0 Å². The first-order chi connectivity index (χ1) is 13.6. The van der Waals surface area contributed by atoms with Crippen molar-refractivity contribution in [3.63, 3.8) is 0 Å². The van der Waals surface area contributed by atoms with Crippen LogP contribution in [-0.2, 0) is 11.3 Å². The maximum absolute atomic E-state index is 14.6. The zero-order valence-electron chi connectivity index (χ0n) is 16.9. The van der Waals surface area contributed by atoms with Crippen LogP contribution in [0.1, 0.15) is 44.6 Å². The second-order valence-corrected chi connectivity index (χ2v) is 8.06. The molecule has 8 heteroatoms. The van der Waals surface area contributed by atoms with Crippen LogP contribution in [0, 0.1) is 5.82 Å². The maximum atomic E-state index is 14.6. The van der Waals surface area contributed by atoms with Crippen molar-refractivity contribution in [2.75, 3.05) is 24.5 Å². The van der Waals surface area contributed by atoms with E-state index in [9.17, 15) is 9.50 Å². The van der Waals surface area contributed by atoms with E-state index in [1.54, 1.807) is 6.07 Å². The summed E-state index contributed by atoms with van der Waals surface area (Å²) in [5.41, 5.74) is 1.46. The normalized spacial score (nSPS) is 27.1. The van der Waals surface area contributed by atoms with Crippen LogP contribution >= 0.6 is 24.0 Å². The summed E-state index contributed by atoms with van der Waals surface area (Å²) >= 11 is 0. The van der Waals surface area contributed by atoms with Gasteiger partial charge in [0.05, 0.1) is 36.6 Å². The number of ether oxygens (including phenoxy) is 1. The van der Waals surface area contributed by atoms with Crippen molar-refractivity contribution in [2.24, 2.45) is 4.99 Å². The number of aliphatic hydroxyl groups is 1. The summed E-state index contributed by atoms with van der Waals surface area (Å²) in [4.78, 5) is 6.66. The van der Waals surface area contributed by atoms with E-state index >= 15 is 0 Å². The third-order valence-electron chi connectivity index (χ3n) is 6.01. The third-order valence-corrected chi connectivity index (χ3v) is 6.01. The summed E-state index contributed by atoms with van der Waals surface area (Å²) in [6, 6.07) is 5.66. The molecule has 2 bridgehead atoms. The molecular weight excluding hydrogens is 486 g/mol. The molecule has 0 aromatic heterocycles. The second kappa shape index (κ2) is 10.3. The van der Waals surface area contributed by atoms with Crippen LogP contribution in [-0.4, -0.2) is 55.1 Å². The predicted octanol–water partition coefficient (Wildman–Crippen LogP) is 2.78. The van der Waals surface area contributed by atoms with Gasteiger partial charge in [-0.15, -0.1) is 24.0 Å². The molecule has 3 fully saturated rings. The van der Waals surface area contributed by atoms with E-state index in [1.165, 1.54) is 0 Å². The van der Waals surface area contributed by atoms with Gasteiger partial charge in [-0.05, 0) is 56.7 Å². The zero-order valence-corrected chi connectivity index (χ0v) is 19.3. The quantitative estimate of drug-likeness (QED) is 0.318. The summed E-state index contributed by atoms with van der Waals surface area (Å²) in [6.45, 7) is 4.62. The van der Waals surface area contributed by atoms with Crippen LogP contribution < -0.4 is 15.5 Å². The Kier molecular flexibility index (Phi) is 7.98. The Morgan fingerprint density at radius 1 is 1.28 bits per heavy atom. The van der Waals surface area contributed by atoms with Gasteiger partial charge in [0.15, 0.2) is 5.96 Å². The first-order valence-electron chi connectivity index (χ1n) is 10.5. The Morgan fingerprint density at radius 2 is 2.07 bits per heavy atom. The van der Waals surface area contributed by atoms with E-state index in [1.807, 2.05) is 24.0 Å². The summed E-state index contributed by atoms with van der Waals surface area (Å²) in [6.07, 6.45) is 5.11.